The highest BCUT2D eigenvalue weighted by Crippen LogP contribution is 2.36. The minimum Gasteiger partial charge on any atom is -0.494 e. The molecule has 1 aromatic carbocycles. The minimum atomic E-state index is -1.04. The Morgan fingerprint density at radius 3 is 2.67 bits per heavy atom. The maximum atomic E-state index is 14.2. The molecule has 1 N–H and O–H groups in total. The molecule has 0 unspecified atom stereocenters. The molecular weight excluding hydrogens is 301 g/mol. The van der Waals surface area contributed by atoms with Gasteiger partial charge >= 0.3 is 5.97 Å². The lowest BCUT2D eigenvalue weighted by atomic mass is 10.1. The summed E-state index contributed by atoms with van der Waals surface area (Å²) in [5.41, 5.74) is 0.877. The molecule has 0 aromatic heterocycles. The number of benzene rings is 1. The van der Waals surface area contributed by atoms with Gasteiger partial charge in [0.15, 0.2) is 11.6 Å². The number of hydrogen-bond acceptors (Lipinski definition) is 3. The molecule has 1 amide bonds. The molecule has 0 spiro atoms. The maximum Gasteiger partial charge on any atom is 0.306 e. The van der Waals surface area contributed by atoms with Crippen molar-refractivity contribution in [3.05, 3.63) is 28.0 Å². The van der Waals surface area contributed by atoms with Crippen molar-refractivity contribution in [2.75, 3.05) is 7.11 Å². The summed E-state index contributed by atoms with van der Waals surface area (Å²) in [6, 6.07) is 1.38. The van der Waals surface area contributed by atoms with Crippen LogP contribution in [0.1, 0.15) is 24.5 Å². The maximum absolute atomic E-state index is 14.2. The van der Waals surface area contributed by atoms with E-state index in [4.69, 9.17) is 21.4 Å². The SMILES string of the molecule is COc1cc(Cl)c2c(c1F)CN(C(=O)C[C@H](C)C(=O)O)C2. The van der Waals surface area contributed by atoms with Gasteiger partial charge in [-0.1, -0.05) is 18.5 Å². The van der Waals surface area contributed by atoms with Gasteiger partial charge in [-0.2, -0.15) is 0 Å². The van der Waals surface area contributed by atoms with Crippen molar-refractivity contribution in [3.63, 3.8) is 0 Å². The van der Waals surface area contributed by atoms with Gasteiger partial charge in [-0.3, -0.25) is 9.59 Å². The number of carbonyl (C=O) groups excluding carboxylic acids is 1. The second-order valence-electron chi connectivity index (χ2n) is 5.02. The Bertz CT molecular complexity index is 605. The van der Waals surface area contributed by atoms with Crippen LogP contribution in [0.2, 0.25) is 5.02 Å². The normalized spacial score (nSPS) is 14.8. The molecule has 5 nitrogen and oxygen atoms in total. The number of fused-ring (bicyclic) bond motifs is 1. The lowest BCUT2D eigenvalue weighted by molar-refractivity contribution is -0.145. The average Bonchev–Trinajstić information content (AvgIpc) is 2.88. The predicted octanol–water partition coefficient (Wildman–Crippen LogP) is 2.44. The number of hydrogen-bond donors (Lipinski definition) is 1. The van der Waals surface area contributed by atoms with Crippen LogP contribution in [0.3, 0.4) is 0 Å². The highest BCUT2D eigenvalue weighted by molar-refractivity contribution is 6.31. The summed E-state index contributed by atoms with van der Waals surface area (Å²) in [6.07, 6.45) is -0.125. The van der Waals surface area contributed by atoms with E-state index in [0.29, 0.717) is 16.1 Å². The number of amides is 1. The summed E-state index contributed by atoms with van der Waals surface area (Å²) in [5.74, 6) is -2.65. The molecule has 1 heterocycles. The quantitative estimate of drug-likeness (QED) is 0.926. The molecule has 0 saturated heterocycles. The fourth-order valence-electron chi connectivity index (χ4n) is 2.27. The van der Waals surface area contributed by atoms with Gasteiger partial charge in [-0.15, -0.1) is 0 Å². The number of carboxylic acid groups (broad SMARTS) is 1. The van der Waals surface area contributed by atoms with Crippen LogP contribution in [0.5, 0.6) is 5.75 Å². The van der Waals surface area contributed by atoms with Crippen LogP contribution >= 0.6 is 11.6 Å². The van der Waals surface area contributed by atoms with Crippen LogP contribution in [0, 0.1) is 11.7 Å². The van der Waals surface area contributed by atoms with Crippen molar-refractivity contribution >= 4 is 23.5 Å². The summed E-state index contributed by atoms with van der Waals surface area (Å²) in [7, 11) is 1.34. The molecule has 0 saturated carbocycles. The first kappa shape index (κ1) is 15.6. The first-order valence-electron chi connectivity index (χ1n) is 6.39. The van der Waals surface area contributed by atoms with Gasteiger partial charge in [0, 0.05) is 36.2 Å². The second kappa shape index (κ2) is 5.89. The van der Waals surface area contributed by atoms with Crippen LogP contribution in [0.25, 0.3) is 0 Å². The van der Waals surface area contributed by atoms with E-state index in [-0.39, 0.29) is 31.2 Å². The highest BCUT2D eigenvalue weighted by atomic mass is 35.5. The third kappa shape index (κ3) is 2.95. The molecule has 1 aromatic rings. The van der Waals surface area contributed by atoms with Crippen molar-refractivity contribution in [2.24, 2.45) is 5.92 Å². The van der Waals surface area contributed by atoms with Gasteiger partial charge < -0.3 is 14.7 Å². The second-order valence-corrected chi connectivity index (χ2v) is 5.43. The van der Waals surface area contributed by atoms with E-state index in [1.54, 1.807) is 0 Å². The van der Waals surface area contributed by atoms with E-state index in [1.165, 1.54) is 25.0 Å². The topological polar surface area (TPSA) is 66.8 Å². The average molecular weight is 316 g/mol. The summed E-state index contributed by atoms with van der Waals surface area (Å²) >= 11 is 6.07. The highest BCUT2D eigenvalue weighted by Gasteiger charge is 2.31. The van der Waals surface area contributed by atoms with Crippen LogP contribution in [0.15, 0.2) is 6.07 Å². The zero-order valence-electron chi connectivity index (χ0n) is 11.7. The van der Waals surface area contributed by atoms with Crippen LogP contribution in [-0.2, 0) is 22.7 Å². The first-order valence-corrected chi connectivity index (χ1v) is 6.77. The van der Waals surface area contributed by atoms with Gasteiger partial charge in [-0.25, -0.2) is 4.39 Å². The number of carbonyl (C=O) groups is 2. The van der Waals surface area contributed by atoms with Crippen molar-refractivity contribution in [3.8, 4) is 5.75 Å². The first-order chi connectivity index (χ1) is 9.85. The molecule has 1 aliphatic heterocycles. The number of halogens is 2. The van der Waals surface area contributed by atoms with Gasteiger partial charge in [0.2, 0.25) is 5.91 Å². The summed E-state index contributed by atoms with van der Waals surface area (Å²) in [5, 5.41) is 9.17. The molecule has 2 rings (SSSR count). The molecule has 21 heavy (non-hydrogen) atoms. The molecule has 0 aliphatic carbocycles. The predicted molar refractivity (Wildman–Crippen MR) is 73.6 cm³/mol. The van der Waals surface area contributed by atoms with E-state index >= 15 is 0 Å². The van der Waals surface area contributed by atoms with Gasteiger partial charge in [0.25, 0.3) is 0 Å². The summed E-state index contributed by atoms with van der Waals surface area (Å²) in [6.45, 7) is 1.71. The molecule has 0 bridgehead atoms. The molecule has 114 valence electrons. The largest absolute Gasteiger partial charge is 0.494 e. The third-order valence-electron chi connectivity index (χ3n) is 3.56. The standard InChI is InChI=1S/C14H15ClFNO4/c1-7(14(19)20)3-12(18)17-5-8-9(6-17)13(16)11(21-2)4-10(8)15/h4,7H,3,5-6H2,1-2H3,(H,19,20)/t7-/m0/s1. The van der Waals surface area contributed by atoms with Crippen molar-refractivity contribution in [1.82, 2.24) is 4.90 Å². The van der Waals surface area contributed by atoms with Gasteiger partial charge in [-0.05, 0) is 5.56 Å². The van der Waals surface area contributed by atoms with Crippen molar-refractivity contribution < 1.29 is 23.8 Å². The number of aliphatic carboxylic acids is 1. The molecule has 0 radical (unpaired) electrons. The summed E-state index contributed by atoms with van der Waals surface area (Å²) < 4.78 is 19.1. The fraction of sp³-hybridized carbons (Fsp3) is 0.429. The Kier molecular flexibility index (Phi) is 4.37. The molecule has 7 heteroatoms. The van der Waals surface area contributed by atoms with E-state index in [9.17, 15) is 14.0 Å². The Morgan fingerprint density at radius 2 is 2.10 bits per heavy atom. The Labute approximate surface area is 126 Å². The smallest absolute Gasteiger partial charge is 0.306 e. The number of nitrogens with zero attached hydrogens (tertiary/aromatic N) is 1. The van der Waals surface area contributed by atoms with E-state index < -0.39 is 17.7 Å². The number of rotatable bonds is 4. The zero-order chi connectivity index (χ0) is 15.7. The van der Waals surface area contributed by atoms with E-state index in [1.807, 2.05) is 0 Å². The number of methoxy groups -OCH3 is 1. The Balaban J connectivity index is 2.20. The van der Waals surface area contributed by atoms with Crippen molar-refractivity contribution in [2.45, 2.75) is 26.4 Å². The number of ether oxygens (including phenoxy) is 1. The number of carboxylic acids is 1. The van der Waals surface area contributed by atoms with Crippen LogP contribution in [0.4, 0.5) is 4.39 Å². The monoisotopic (exact) mass is 315 g/mol. The van der Waals surface area contributed by atoms with Gasteiger partial charge in [0.1, 0.15) is 0 Å². The van der Waals surface area contributed by atoms with Crippen molar-refractivity contribution in [1.29, 1.82) is 0 Å². The molecular formula is C14H15ClFNO4. The Hall–Kier alpha value is -1.82. The fourth-order valence-corrected chi connectivity index (χ4v) is 2.54. The van der Waals surface area contributed by atoms with Gasteiger partial charge in [0.05, 0.1) is 13.0 Å². The molecule has 1 atom stereocenters. The summed E-state index contributed by atoms with van der Waals surface area (Å²) in [4.78, 5) is 24.3. The van der Waals surface area contributed by atoms with Crippen LogP contribution in [-0.4, -0.2) is 29.0 Å². The lowest BCUT2D eigenvalue weighted by Crippen LogP contribution is -2.28. The van der Waals surface area contributed by atoms with E-state index in [0.717, 1.165) is 0 Å². The van der Waals surface area contributed by atoms with Crippen LogP contribution < -0.4 is 4.74 Å². The lowest BCUT2D eigenvalue weighted by Gasteiger charge is -2.16. The minimum absolute atomic E-state index is 0.0342. The Morgan fingerprint density at radius 1 is 1.48 bits per heavy atom. The van der Waals surface area contributed by atoms with E-state index in [2.05, 4.69) is 0 Å². The zero-order valence-corrected chi connectivity index (χ0v) is 12.4. The molecule has 1 aliphatic rings. The molecule has 0 fully saturated rings. The third-order valence-corrected chi connectivity index (χ3v) is 3.90.